The van der Waals surface area contributed by atoms with Gasteiger partial charge in [0.15, 0.2) is 5.78 Å². The molecule has 1 amide bonds. The van der Waals surface area contributed by atoms with Crippen molar-refractivity contribution in [2.24, 2.45) is 0 Å². The molecule has 5 nitrogen and oxygen atoms in total. The number of ether oxygens (including phenoxy) is 2. The van der Waals surface area contributed by atoms with Crippen molar-refractivity contribution in [3.63, 3.8) is 0 Å². The summed E-state index contributed by atoms with van der Waals surface area (Å²) in [6.07, 6.45) is 0.678. The number of benzene rings is 2. The van der Waals surface area contributed by atoms with E-state index in [2.05, 4.69) is 11.4 Å². The average molecular weight is 355 g/mol. The molecule has 0 radical (unpaired) electrons. The topological polar surface area (TPSA) is 64.6 Å². The third-order valence-electron chi connectivity index (χ3n) is 3.85. The molecule has 2 aromatic carbocycles. The number of rotatable bonds is 8. The molecule has 5 heteroatoms. The molecule has 0 saturated carbocycles. The van der Waals surface area contributed by atoms with Gasteiger partial charge in [-0.3, -0.25) is 9.59 Å². The molecule has 0 bridgehead atoms. The van der Waals surface area contributed by atoms with Crippen LogP contribution in [0.2, 0.25) is 0 Å². The van der Waals surface area contributed by atoms with Crippen LogP contribution in [0.4, 0.5) is 5.69 Å². The van der Waals surface area contributed by atoms with Crippen molar-refractivity contribution < 1.29 is 19.1 Å². The van der Waals surface area contributed by atoms with Crippen LogP contribution in [0.3, 0.4) is 0 Å². The van der Waals surface area contributed by atoms with E-state index < -0.39 is 0 Å². The highest BCUT2D eigenvalue weighted by molar-refractivity contribution is 5.96. The molecule has 0 spiro atoms. The van der Waals surface area contributed by atoms with E-state index >= 15 is 0 Å². The SMILES string of the molecule is CC(=O)Nc1ccc(C(C)=O)cc1OCCCOc1cc(C)ccc1C. The van der Waals surface area contributed by atoms with Crippen molar-refractivity contribution in [1.82, 2.24) is 0 Å². The second kappa shape index (κ2) is 9.04. The van der Waals surface area contributed by atoms with Gasteiger partial charge in [0.1, 0.15) is 11.5 Å². The van der Waals surface area contributed by atoms with E-state index in [0.29, 0.717) is 36.6 Å². The second-order valence-electron chi connectivity index (χ2n) is 6.27. The fraction of sp³-hybridized carbons (Fsp3) is 0.333. The highest BCUT2D eigenvalue weighted by Crippen LogP contribution is 2.26. The lowest BCUT2D eigenvalue weighted by Crippen LogP contribution is -2.10. The maximum atomic E-state index is 11.6. The molecule has 2 aromatic rings. The molecule has 2 rings (SSSR count). The molecular formula is C21H25NO4. The summed E-state index contributed by atoms with van der Waals surface area (Å²) in [6.45, 7) is 7.90. The fourth-order valence-corrected chi connectivity index (χ4v) is 2.44. The summed E-state index contributed by atoms with van der Waals surface area (Å²) >= 11 is 0. The third-order valence-corrected chi connectivity index (χ3v) is 3.85. The Morgan fingerprint density at radius 1 is 0.923 bits per heavy atom. The first kappa shape index (κ1) is 19.5. The average Bonchev–Trinajstić information content (AvgIpc) is 2.58. The fourth-order valence-electron chi connectivity index (χ4n) is 2.44. The van der Waals surface area contributed by atoms with Gasteiger partial charge in [0.2, 0.25) is 5.91 Å². The minimum Gasteiger partial charge on any atom is -0.493 e. The molecule has 0 unspecified atom stereocenters. The van der Waals surface area contributed by atoms with E-state index in [9.17, 15) is 9.59 Å². The van der Waals surface area contributed by atoms with Gasteiger partial charge < -0.3 is 14.8 Å². The molecule has 1 N–H and O–H groups in total. The first-order chi connectivity index (χ1) is 12.4. The summed E-state index contributed by atoms with van der Waals surface area (Å²) in [6, 6.07) is 11.1. The van der Waals surface area contributed by atoms with E-state index in [-0.39, 0.29) is 11.7 Å². The molecule has 0 fully saturated rings. The Bertz CT molecular complexity index is 799. The van der Waals surface area contributed by atoms with E-state index in [0.717, 1.165) is 16.9 Å². The Morgan fingerprint density at radius 3 is 2.27 bits per heavy atom. The van der Waals surface area contributed by atoms with Gasteiger partial charge in [0.05, 0.1) is 18.9 Å². The normalized spacial score (nSPS) is 10.3. The summed E-state index contributed by atoms with van der Waals surface area (Å²) < 4.78 is 11.6. The zero-order valence-electron chi connectivity index (χ0n) is 15.7. The summed E-state index contributed by atoms with van der Waals surface area (Å²) in [4.78, 5) is 22.9. The van der Waals surface area contributed by atoms with Crippen molar-refractivity contribution in [2.75, 3.05) is 18.5 Å². The lowest BCUT2D eigenvalue weighted by Gasteiger charge is -2.14. The smallest absolute Gasteiger partial charge is 0.221 e. The van der Waals surface area contributed by atoms with Crippen LogP contribution in [0, 0.1) is 13.8 Å². The predicted molar refractivity (Wildman–Crippen MR) is 102 cm³/mol. The minimum atomic E-state index is -0.191. The molecule has 0 aromatic heterocycles. The maximum Gasteiger partial charge on any atom is 0.221 e. The monoisotopic (exact) mass is 355 g/mol. The van der Waals surface area contributed by atoms with Crippen LogP contribution in [0.5, 0.6) is 11.5 Å². The predicted octanol–water partition coefficient (Wildman–Crippen LogP) is 4.31. The van der Waals surface area contributed by atoms with Gasteiger partial charge in [-0.15, -0.1) is 0 Å². The molecular weight excluding hydrogens is 330 g/mol. The number of carbonyl (C=O) groups excluding carboxylic acids is 2. The van der Waals surface area contributed by atoms with Crippen LogP contribution in [0.25, 0.3) is 0 Å². The molecule has 0 aliphatic rings. The maximum absolute atomic E-state index is 11.6. The summed E-state index contributed by atoms with van der Waals surface area (Å²) in [5.74, 6) is 1.12. The number of carbonyl (C=O) groups is 2. The van der Waals surface area contributed by atoms with E-state index in [1.54, 1.807) is 18.2 Å². The van der Waals surface area contributed by atoms with E-state index in [1.807, 2.05) is 26.0 Å². The molecule has 0 saturated heterocycles. The first-order valence-corrected chi connectivity index (χ1v) is 8.62. The van der Waals surface area contributed by atoms with Crippen LogP contribution < -0.4 is 14.8 Å². The molecule has 26 heavy (non-hydrogen) atoms. The van der Waals surface area contributed by atoms with Crippen molar-refractivity contribution >= 4 is 17.4 Å². The number of aryl methyl sites for hydroxylation is 2. The van der Waals surface area contributed by atoms with Gasteiger partial charge in [-0.05, 0) is 56.2 Å². The van der Waals surface area contributed by atoms with E-state index in [4.69, 9.17) is 9.47 Å². The lowest BCUT2D eigenvalue weighted by atomic mass is 10.1. The van der Waals surface area contributed by atoms with Gasteiger partial charge in [-0.1, -0.05) is 12.1 Å². The van der Waals surface area contributed by atoms with Gasteiger partial charge in [-0.2, -0.15) is 0 Å². The minimum absolute atomic E-state index is 0.0533. The largest absolute Gasteiger partial charge is 0.493 e. The number of ketones is 1. The van der Waals surface area contributed by atoms with Crippen LogP contribution in [0.1, 0.15) is 41.8 Å². The van der Waals surface area contributed by atoms with Gasteiger partial charge in [0, 0.05) is 18.9 Å². The summed E-state index contributed by atoms with van der Waals surface area (Å²) in [5.41, 5.74) is 3.35. The first-order valence-electron chi connectivity index (χ1n) is 8.62. The third kappa shape index (κ3) is 5.62. The molecule has 138 valence electrons. The standard InChI is InChI=1S/C21H25NO4/c1-14-6-7-15(2)20(12-14)25-10-5-11-26-21-13-18(16(3)23)8-9-19(21)22-17(4)24/h6-9,12-13H,5,10-11H2,1-4H3,(H,22,24). The Labute approximate surface area is 154 Å². The summed E-state index contributed by atoms with van der Waals surface area (Å²) in [5, 5.41) is 2.71. The molecule has 0 aliphatic carbocycles. The molecule has 0 heterocycles. The van der Waals surface area contributed by atoms with Gasteiger partial charge >= 0.3 is 0 Å². The van der Waals surface area contributed by atoms with Crippen molar-refractivity contribution in [3.05, 3.63) is 53.1 Å². The number of Topliss-reactive ketones (excluding diaryl/α,β-unsaturated/α-hetero) is 1. The zero-order valence-corrected chi connectivity index (χ0v) is 15.7. The van der Waals surface area contributed by atoms with Crippen molar-refractivity contribution in [2.45, 2.75) is 34.1 Å². The lowest BCUT2D eigenvalue weighted by molar-refractivity contribution is -0.114. The summed E-state index contributed by atoms with van der Waals surface area (Å²) in [7, 11) is 0. The Hall–Kier alpha value is -2.82. The Morgan fingerprint density at radius 2 is 1.62 bits per heavy atom. The number of hydrogen-bond acceptors (Lipinski definition) is 4. The van der Waals surface area contributed by atoms with Gasteiger partial charge in [-0.25, -0.2) is 0 Å². The van der Waals surface area contributed by atoms with Crippen LogP contribution in [-0.4, -0.2) is 24.9 Å². The molecule has 0 atom stereocenters. The van der Waals surface area contributed by atoms with Crippen LogP contribution >= 0.6 is 0 Å². The van der Waals surface area contributed by atoms with E-state index in [1.165, 1.54) is 13.8 Å². The zero-order chi connectivity index (χ0) is 19.1. The van der Waals surface area contributed by atoms with Crippen molar-refractivity contribution in [3.8, 4) is 11.5 Å². The number of nitrogens with one attached hydrogen (secondary N) is 1. The van der Waals surface area contributed by atoms with Crippen LogP contribution in [-0.2, 0) is 4.79 Å². The second-order valence-corrected chi connectivity index (χ2v) is 6.27. The highest BCUT2D eigenvalue weighted by atomic mass is 16.5. The van der Waals surface area contributed by atoms with Crippen molar-refractivity contribution in [1.29, 1.82) is 0 Å². The number of amides is 1. The van der Waals surface area contributed by atoms with Gasteiger partial charge in [0.25, 0.3) is 0 Å². The highest BCUT2D eigenvalue weighted by Gasteiger charge is 2.09. The quantitative estimate of drug-likeness (QED) is 0.566. The Balaban J connectivity index is 1.93. The Kier molecular flexibility index (Phi) is 6.78. The molecule has 0 aliphatic heterocycles. The number of anilines is 1. The van der Waals surface area contributed by atoms with Crippen LogP contribution in [0.15, 0.2) is 36.4 Å². The number of hydrogen-bond donors (Lipinski definition) is 1.